The minimum absolute atomic E-state index is 0.0144. The number of esters is 1. The lowest BCUT2D eigenvalue weighted by atomic mass is 10.0. The monoisotopic (exact) mass is 491 g/mol. The summed E-state index contributed by atoms with van der Waals surface area (Å²) in [5.41, 5.74) is 0.359. The van der Waals surface area contributed by atoms with Gasteiger partial charge in [0.2, 0.25) is 11.8 Å². The van der Waals surface area contributed by atoms with Gasteiger partial charge in [-0.05, 0) is 45.4 Å². The Hall–Kier alpha value is -3.19. The van der Waals surface area contributed by atoms with Crippen LogP contribution in [0.3, 0.4) is 0 Å². The first-order valence-corrected chi connectivity index (χ1v) is 11.4. The molecule has 0 heterocycles. The van der Waals surface area contributed by atoms with Crippen molar-refractivity contribution in [2.24, 2.45) is 0 Å². The summed E-state index contributed by atoms with van der Waals surface area (Å²) in [5.74, 6) is 0.974. The molecule has 34 heavy (non-hydrogen) atoms. The number of carbonyl (C=O) groups excluding carboxylic acids is 4. The van der Waals surface area contributed by atoms with Gasteiger partial charge < -0.3 is 25.0 Å². The number of nitrogens with one attached hydrogen (secondary N) is 2. The topological polar surface area (TPSA) is 114 Å². The minimum atomic E-state index is -1.05. The zero-order valence-corrected chi connectivity index (χ0v) is 21.1. The van der Waals surface area contributed by atoms with E-state index in [-0.39, 0.29) is 25.3 Å². The van der Waals surface area contributed by atoms with E-state index in [9.17, 15) is 19.2 Å². The molecule has 9 nitrogen and oxygen atoms in total. The van der Waals surface area contributed by atoms with Gasteiger partial charge in [0.1, 0.15) is 17.7 Å². The van der Waals surface area contributed by atoms with Crippen LogP contribution in [0.15, 0.2) is 24.3 Å². The van der Waals surface area contributed by atoms with Gasteiger partial charge in [-0.3, -0.25) is 14.4 Å². The van der Waals surface area contributed by atoms with E-state index in [0.717, 1.165) is 0 Å². The van der Waals surface area contributed by atoms with Crippen LogP contribution in [-0.4, -0.2) is 66.4 Å². The third kappa shape index (κ3) is 9.35. The van der Waals surface area contributed by atoms with E-state index in [0.29, 0.717) is 11.1 Å². The number of hydrogen-bond donors (Lipinski definition) is 3. The second-order valence-corrected chi connectivity index (χ2v) is 8.71. The van der Waals surface area contributed by atoms with E-state index in [1.807, 2.05) is 0 Å². The molecule has 0 aliphatic carbocycles. The number of benzene rings is 1. The number of likely N-dealkylation sites (N-methyl/N-ethyl adjacent to an activating group) is 1. The van der Waals surface area contributed by atoms with Crippen LogP contribution >= 0.6 is 12.6 Å². The van der Waals surface area contributed by atoms with E-state index < -0.39 is 41.6 Å². The van der Waals surface area contributed by atoms with Crippen molar-refractivity contribution in [3.8, 4) is 12.3 Å². The van der Waals surface area contributed by atoms with Crippen LogP contribution < -0.4 is 10.6 Å². The van der Waals surface area contributed by atoms with E-state index in [4.69, 9.17) is 15.9 Å². The molecule has 10 heteroatoms. The van der Waals surface area contributed by atoms with E-state index in [2.05, 4.69) is 29.2 Å². The maximum atomic E-state index is 13.2. The van der Waals surface area contributed by atoms with Crippen LogP contribution in [0.25, 0.3) is 0 Å². The summed E-state index contributed by atoms with van der Waals surface area (Å²) in [4.78, 5) is 51.3. The molecule has 0 aliphatic rings. The van der Waals surface area contributed by atoms with Gasteiger partial charge in [0.25, 0.3) is 0 Å². The highest BCUT2D eigenvalue weighted by Gasteiger charge is 2.33. The second-order valence-electron chi connectivity index (χ2n) is 8.35. The number of nitrogens with zero attached hydrogens (tertiary/aromatic N) is 1. The lowest BCUT2D eigenvalue weighted by Crippen LogP contribution is -2.52. The minimum Gasteiger partial charge on any atom is -0.466 e. The quantitative estimate of drug-likeness (QED) is 0.262. The molecule has 0 fully saturated rings. The number of carbonyl (C=O) groups is 4. The molecule has 0 spiro atoms. The van der Waals surface area contributed by atoms with Crippen molar-refractivity contribution in [2.75, 3.05) is 26.0 Å². The molecule has 186 valence electrons. The van der Waals surface area contributed by atoms with Gasteiger partial charge >= 0.3 is 12.1 Å². The molecule has 0 bridgehead atoms. The zero-order valence-electron chi connectivity index (χ0n) is 20.2. The lowest BCUT2D eigenvalue weighted by molar-refractivity contribution is -0.143. The normalized spacial score (nSPS) is 12.5. The Kier molecular flexibility index (Phi) is 11.5. The van der Waals surface area contributed by atoms with Crippen molar-refractivity contribution < 1.29 is 28.7 Å². The van der Waals surface area contributed by atoms with Gasteiger partial charge in [-0.1, -0.05) is 18.1 Å². The third-order valence-corrected chi connectivity index (χ3v) is 4.85. The van der Waals surface area contributed by atoms with Crippen molar-refractivity contribution in [3.05, 3.63) is 35.4 Å². The predicted octanol–water partition coefficient (Wildman–Crippen LogP) is 2.06. The van der Waals surface area contributed by atoms with Crippen LogP contribution in [0.2, 0.25) is 0 Å². The molecule has 3 amide bonds. The van der Waals surface area contributed by atoms with Gasteiger partial charge in [0.15, 0.2) is 0 Å². The van der Waals surface area contributed by atoms with Crippen molar-refractivity contribution in [3.63, 3.8) is 0 Å². The standard InChI is InChI=1S/C24H33N3O6S/c1-7-16-9-11-17(12-10-16)20(21(29)25-14-13-19(28)32-8-2)27(6)22(30)18(15-34)26-23(31)33-24(3,4)5/h1,9-12,18,20,34H,8,13-15H2,2-6H3,(H,25,29)(H,26,31). The maximum Gasteiger partial charge on any atom is 0.408 e. The van der Waals surface area contributed by atoms with Crippen molar-refractivity contribution in [1.29, 1.82) is 0 Å². The van der Waals surface area contributed by atoms with E-state index >= 15 is 0 Å². The Morgan fingerprint density at radius 2 is 1.79 bits per heavy atom. The molecule has 1 rings (SSSR count). The highest BCUT2D eigenvalue weighted by molar-refractivity contribution is 7.80. The fraction of sp³-hybridized carbons (Fsp3) is 0.500. The second kappa shape index (κ2) is 13.5. The van der Waals surface area contributed by atoms with Gasteiger partial charge in [-0.15, -0.1) is 6.42 Å². The van der Waals surface area contributed by atoms with Gasteiger partial charge in [0.05, 0.1) is 13.0 Å². The largest absolute Gasteiger partial charge is 0.466 e. The van der Waals surface area contributed by atoms with Gasteiger partial charge in [-0.25, -0.2) is 4.79 Å². The Morgan fingerprint density at radius 3 is 2.29 bits per heavy atom. The summed E-state index contributed by atoms with van der Waals surface area (Å²) in [6, 6.07) is 4.51. The fourth-order valence-corrected chi connectivity index (χ4v) is 3.19. The molecule has 2 N–H and O–H groups in total. The number of amides is 3. The Labute approximate surface area is 206 Å². The van der Waals surface area contributed by atoms with Gasteiger partial charge in [-0.2, -0.15) is 12.6 Å². The zero-order chi connectivity index (χ0) is 25.9. The van der Waals surface area contributed by atoms with Crippen LogP contribution in [0.5, 0.6) is 0 Å². The summed E-state index contributed by atoms with van der Waals surface area (Å²) in [6.45, 7) is 7.07. The smallest absolute Gasteiger partial charge is 0.408 e. The average Bonchev–Trinajstić information content (AvgIpc) is 2.76. The fourth-order valence-electron chi connectivity index (χ4n) is 2.94. The molecule has 1 aromatic carbocycles. The number of thiol groups is 1. The van der Waals surface area contributed by atoms with Crippen LogP contribution in [0, 0.1) is 12.3 Å². The number of alkyl carbamates (subject to hydrolysis) is 1. The maximum absolute atomic E-state index is 13.2. The Morgan fingerprint density at radius 1 is 1.18 bits per heavy atom. The molecule has 0 aromatic heterocycles. The predicted molar refractivity (Wildman–Crippen MR) is 131 cm³/mol. The van der Waals surface area contributed by atoms with Gasteiger partial charge in [0, 0.05) is 24.9 Å². The summed E-state index contributed by atoms with van der Waals surface area (Å²) in [5, 5.41) is 5.15. The highest BCUT2D eigenvalue weighted by atomic mass is 32.1. The van der Waals surface area contributed by atoms with Crippen molar-refractivity contribution in [1.82, 2.24) is 15.5 Å². The number of terminal acetylenes is 1. The molecule has 2 atom stereocenters. The molecular weight excluding hydrogens is 458 g/mol. The van der Waals surface area contributed by atoms with Crippen LogP contribution in [0.4, 0.5) is 4.79 Å². The molecule has 0 saturated heterocycles. The Balaban J connectivity index is 3.09. The first kappa shape index (κ1) is 28.8. The molecular formula is C24H33N3O6S. The molecule has 0 radical (unpaired) electrons. The third-order valence-electron chi connectivity index (χ3n) is 4.48. The van der Waals surface area contributed by atoms with Crippen LogP contribution in [-0.2, 0) is 23.9 Å². The number of ether oxygens (including phenoxy) is 2. The molecule has 0 aliphatic heterocycles. The summed E-state index contributed by atoms with van der Waals surface area (Å²) in [6.07, 6.45) is 4.62. The number of rotatable bonds is 10. The highest BCUT2D eigenvalue weighted by Crippen LogP contribution is 2.22. The number of hydrogen-bond acceptors (Lipinski definition) is 7. The molecule has 0 saturated carbocycles. The first-order valence-electron chi connectivity index (χ1n) is 10.8. The SMILES string of the molecule is C#Cc1ccc(C(C(=O)NCCC(=O)OCC)N(C)C(=O)C(CS)NC(=O)OC(C)(C)C)cc1. The summed E-state index contributed by atoms with van der Waals surface area (Å²) < 4.78 is 10.1. The van der Waals surface area contributed by atoms with Crippen LogP contribution in [0.1, 0.15) is 51.3 Å². The summed E-state index contributed by atoms with van der Waals surface area (Å²) in [7, 11) is 1.44. The van der Waals surface area contributed by atoms with E-state index in [1.54, 1.807) is 52.0 Å². The molecule has 2 unspecified atom stereocenters. The van der Waals surface area contributed by atoms with Crippen molar-refractivity contribution in [2.45, 2.75) is 51.8 Å². The van der Waals surface area contributed by atoms with E-state index in [1.165, 1.54) is 11.9 Å². The molecule has 1 aromatic rings. The van der Waals surface area contributed by atoms with Crippen molar-refractivity contribution >= 4 is 36.5 Å². The lowest BCUT2D eigenvalue weighted by Gasteiger charge is -2.31. The summed E-state index contributed by atoms with van der Waals surface area (Å²) >= 11 is 4.18. The Bertz CT molecular complexity index is 905. The first-order chi connectivity index (χ1) is 15.9. The average molecular weight is 492 g/mol.